The summed E-state index contributed by atoms with van der Waals surface area (Å²) in [7, 11) is 0. The average Bonchev–Trinajstić information content (AvgIpc) is 1.89. The molecule has 2 heteroatoms. The first kappa shape index (κ1) is 8.92. The maximum Gasteiger partial charge on any atom is 0.146 e. The van der Waals surface area contributed by atoms with Crippen LogP contribution in [0.25, 0.3) is 0 Å². The molecule has 0 aromatic heterocycles. The van der Waals surface area contributed by atoms with E-state index in [-0.39, 0.29) is 0 Å². The fourth-order valence-corrected chi connectivity index (χ4v) is 0.423. The van der Waals surface area contributed by atoms with E-state index in [9.17, 15) is 0 Å². The van der Waals surface area contributed by atoms with Gasteiger partial charge in [0, 0.05) is 13.2 Å². The van der Waals surface area contributed by atoms with Gasteiger partial charge < -0.3 is 9.47 Å². The molecule has 0 heterocycles. The lowest BCUT2D eigenvalue weighted by atomic mass is 10.5. The van der Waals surface area contributed by atoms with E-state index in [1.165, 1.54) is 0 Å². The molecule has 0 saturated carbocycles. The molecule has 0 aromatic rings. The molecule has 0 fully saturated rings. The first-order chi connectivity index (χ1) is 4.41. The van der Waals surface area contributed by atoms with Crippen LogP contribution in [0.2, 0.25) is 0 Å². The highest BCUT2D eigenvalue weighted by Gasteiger charge is 1.83. The second-order valence-corrected chi connectivity index (χ2v) is 1.79. The molecule has 55 valence electrons. The number of ether oxygens (including phenoxy) is 2. The Labute approximate surface area is 57.2 Å². The van der Waals surface area contributed by atoms with Crippen LogP contribution in [0.3, 0.4) is 0 Å². The summed E-state index contributed by atoms with van der Waals surface area (Å²) in [6, 6.07) is 0. The van der Waals surface area contributed by atoms with Crippen molar-refractivity contribution in [1.82, 2.24) is 0 Å². The van der Waals surface area contributed by atoms with Crippen LogP contribution in [0.5, 0.6) is 0 Å². The van der Waals surface area contributed by atoms with Crippen molar-refractivity contribution in [3.05, 3.63) is 6.92 Å². The summed E-state index contributed by atoms with van der Waals surface area (Å²) in [5.74, 6) is 0. The van der Waals surface area contributed by atoms with Crippen molar-refractivity contribution >= 4 is 0 Å². The summed E-state index contributed by atoms with van der Waals surface area (Å²) in [5.41, 5.74) is 0. The van der Waals surface area contributed by atoms with Crippen LogP contribution in [0, 0.1) is 6.92 Å². The van der Waals surface area contributed by atoms with Crippen molar-refractivity contribution in [2.75, 3.05) is 20.0 Å². The Hall–Kier alpha value is -0.0800. The molecule has 0 bridgehead atoms. The fraction of sp³-hybridized carbons (Fsp3) is 0.857. The second-order valence-electron chi connectivity index (χ2n) is 1.79. The Morgan fingerprint density at radius 2 is 1.89 bits per heavy atom. The molecule has 0 amide bonds. The van der Waals surface area contributed by atoms with Crippen molar-refractivity contribution in [3.8, 4) is 0 Å². The van der Waals surface area contributed by atoms with Gasteiger partial charge in [-0.05, 0) is 12.8 Å². The molecule has 0 aliphatic carbocycles. The third-order valence-electron chi connectivity index (χ3n) is 0.804. The van der Waals surface area contributed by atoms with Gasteiger partial charge >= 0.3 is 0 Å². The van der Waals surface area contributed by atoms with Crippen molar-refractivity contribution in [2.24, 2.45) is 0 Å². The van der Waals surface area contributed by atoms with Gasteiger partial charge in [-0.15, -0.1) is 0 Å². The number of hydrogen-bond acceptors (Lipinski definition) is 2. The van der Waals surface area contributed by atoms with Crippen LogP contribution in [0.15, 0.2) is 0 Å². The van der Waals surface area contributed by atoms with Crippen LogP contribution in [0.4, 0.5) is 0 Å². The summed E-state index contributed by atoms with van der Waals surface area (Å²) in [5, 5.41) is 0. The molecule has 2 nitrogen and oxygen atoms in total. The standard InChI is InChI=1S/C7H15O2/c1-3-5-8-7-9-6-4-2/h1,3-7H2,2H3. The largest absolute Gasteiger partial charge is 0.355 e. The van der Waals surface area contributed by atoms with E-state index in [4.69, 9.17) is 9.47 Å². The van der Waals surface area contributed by atoms with Gasteiger partial charge in [0.15, 0.2) is 0 Å². The number of hydrogen-bond donors (Lipinski definition) is 0. The van der Waals surface area contributed by atoms with E-state index in [2.05, 4.69) is 13.8 Å². The van der Waals surface area contributed by atoms with Gasteiger partial charge in [-0.1, -0.05) is 13.8 Å². The van der Waals surface area contributed by atoms with Gasteiger partial charge in [0.25, 0.3) is 0 Å². The fourth-order valence-electron chi connectivity index (χ4n) is 0.423. The molecular formula is C7H15O2. The zero-order chi connectivity index (χ0) is 6.95. The van der Waals surface area contributed by atoms with E-state index >= 15 is 0 Å². The molecule has 0 saturated heterocycles. The van der Waals surface area contributed by atoms with Crippen molar-refractivity contribution in [3.63, 3.8) is 0 Å². The van der Waals surface area contributed by atoms with Crippen LogP contribution < -0.4 is 0 Å². The summed E-state index contributed by atoms with van der Waals surface area (Å²) >= 11 is 0. The van der Waals surface area contributed by atoms with E-state index in [0.29, 0.717) is 13.4 Å². The Balaban J connectivity index is 2.60. The van der Waals surface area contributed by atoms with E-state index in [1.807, 2.05) is 0 Å². The SMILES string of the molecule is [CH2]CCOCOCCC. The minimum absolute atomic E-state index is 0.420. The summed E-state index contributed by atoms with van der Waals surface area (Å²) in [4.78, 5) is 0. The lowest BCUT2D eigenvalue weighted by Gasteiger charge is -2.01. The lowest BCUT2D eigenvalue weighted by Crippen LogP contribution is -2.01. The van der Waals surface area contributed by atoms with Crippen LogP contribution in [-0.4, -0.2) is 20.0 Å². The predicted octanol–water partition coefficient (Wildman–Crippen LogP) is 1.61. The molecule has 0 aliphatic rings. The smallest absolute Gasteiger partial charge is 0.146 e. The molecule has 0 spiro atoms. The first-order valence-electron chi connectivity index (χ1n) is 3.36. The monoisotopic (exact) mass is 131 g/mol. The summed E-state index contributed by atoms with van der Waals surface area (Å²) < 4.78 is 10.0. The van der Waals surface area contributed by atoms with Gasteiger partial charge in [-0.3, -0.25) is 0 Å². The molecule has 0 atom stereocenters. The van der Waals surface area contributed by atoms with Crippen molar-refractivity contribution in [1.29, 1.82) is 0 Å². The van der Waals surface area contributed by atoms with Crippen LogP contribution >= 0.6 is 0 Å². The normalized spacial score (nSPS) is 10.0. The molecule has 0 unspecified atom stereocenters. The van der Waals surface area contributed by atoms with E-state index in [1.54, 1.807) is 0 Å². The number of rotatable bonds is 6. The third-order valence-corrected chi connectivity index (χ3v) is 0.804. The Bertz CT molecular complexity index is 40.2. The molecule has 9 heavy (non-hydrogen) atoms. The highest BCUT2D eigenvalue weighted by Crippen LogP contribution is 1.83. The molecule has 0 N–H and O–H groups in total. The minimum atomic E-state index is 0.420. The van der Waals surface area contributed by atoms with Gasteiger partial charge in [0.05, 0.1) is 0 Å². The van der Waals surface area contributed by atoms with Gasteiger partial charge in [0.1, 0.15) is 6.79 Å². The molecular weight excluding hydrogens is 116 g/mol. The van der Waals surface area contributed by atoms with Crippen molar-refractivity contribution < 1.29 is 9.47 Å². The molecule has 0 rings (SSSR count). The zero-order valence-electron chi connectivity index (χ0n) is 6.06. The third kappa shape index (κ3) is 7.92. The zero-order valence-corrected chi connectivity index (χ0v) is 6.06. The highest BCUT2D eigenvalue weighted by molar-refractivity contribution is 4.32. The quantitative estimate of drug-likeness (QED) is 0.403. The molecule has 1 radical (unpaired) electrons. The predicted molar refractivity (Wildman–Crippen MR) is 37.0 cm³/mol. The molecule has 0 aliphatic heterocycles. The Morgan fingerprint density at radius 1 is 1.22 bits per heavy atom. The van der Waals surface area contributed by atoms with Gasteiger partial charge in [-0.2, -0.15) is 0 Å². The van der Waals surface area contributed by atoms with Gasteiger partial charge in [0.2, 0.25) is 0 Å². The topological polar surface area (TPSA) is 18.5 Å². The highest BCUT2D eigenvalue weighted by atomic mass is 16.7. The minimum Gasteiger partial charge on any atom is -0.355 e. The van der Waals surface area contributed by atoms with Crippen LogP contribution in [0.1, 0.15) is 19.8 Å². The summed E-state index contributed by atoms with van der Waals surface area (Å²) in [6.07, 6.45) is 1.86. The first-order valence-corrected chi connectivity index (χ1v) is 3.36. The van der Waals surface area contributed by atoms with Crippen molar-refractivity contribution in [2.45, 2.75) is 19.8 Å². The maximum absolute atomic E-state index is 5.03. The molecule has 0 aromatic carbocycles. The second kappa shape index (κ2) is 7.92. The van der Waals surface area contributed by atoms with Gasteiger partial charge in [-0.25, -0.2) is 0 Å². The van der Waals surface area contributed by atoms with E-state index < -0.39 is 0 Å². The Kier molecular flexibility index (Phi) is 7.85. The van der Waals surface area contributed by atoms with E-state index in [0.717, 1.165) is 19.4 Å². The lowest BCUT2D eigenvalue weighted by molar-refractivity contribution is -0.0520. The average molecular weight is 131 g/mol. The van der Waals surface area contributed by atoms with Crippen LogP contribution in [-0.2, 0) is 9.47 Å². The maximum atomic E-state index is 5.03. The summed E-state index contributed by atoms with van der Waals surface area (Å²) in [6.45, 7) is 7.60. The Morgan fingerprint density at radius 3 is 2.44 bits per heavy atom.